The number of nitrogens with one attached hydrogen (secondary N) is 1. The molecule has 0 bridgehead atoms. The van der Waals surface area contributed by atoms with Crippen molar-refractivity contribution in [1.29, 1.82) is 0 Å². The maximum absolute atomic E-state index is 13.0. The summed E-state index contributed by atoms with van der Waals surface area (Å²) in [7, 11) is 1.82. The average Bonchev–Trinajstić information content (AvgIpc) is 3.23. The van der Waals surface area contributed by atoms with Crippen LogP contribution in [-0.2, 0) is 11.8 Å². The number of aryl methyl sites for hydroxylation is 1. The maximum atomic E-state index is 13.0. The molecule has 1 aromatic carbocycles. The van der Waals surface area contributed by atoms with Gasteiger partial charge in [-0.2, -0.15) is 0 Å². The largest absolute Gasteiger partial charge is 0.348 e. The number of amides is 4. The fraction of sp³-hybridized carbons (Fsp3) is 0.350. The van der Waals surface area contributed by atoms with E-state index >= 15 is 0 Å². The molecule has 0 saturated carbocycles. The monoisotopic (exact) mass is 398 g/mol. The van der Waals surface area contributed by atoms with Crippen LogP contribution in [0.3, 0.4) is 0 Å². The van der Waals surface area contributed by atoms with Crippen molar-refractivity contribution in [2.75, 3.05) is 17.7 Å². The summed E-state index contributed by atoms with van der Waals surface area (Å²) in [6, 6.07) is 10.1. The number of carbonyl (C=O) groups is 3. The van der Waals surface area contributed by atoms with Crippen LogP contribution in [0.15, 0.2) is 47.5 Å². The topological polar surface area (TPSA) is 74.7 Å². The van der Waals surface area contributed by atoms with E-state index in [1.807, 2.05) is 43.8 Å². The highest BCUT2D eigenvalue weighted by Gasteiger charge is 2.48. The molecule has 0 radical (unpaired) electrons. The van der Waals surface area contributed by atoms with Crippen LogP contribution in [0.1, 0.15) is 23.3 Å². The Balaban J connectivity index is 1.50. The first-order chi connectivity index (χ1) is 13.5. The van der Waals surface area contributed by atoms with Crippen molar-refractivity contribution < 1.29 is 14.4 Å². The van der Waals surface area contributed by atoms with Gasteiger partial charge in [0.1, 0.15) is 11.7 Å². The molecule has 1 N–H and O–H groups in total. The number of piperidine rings is 1. The number of nitrogens with zero attached hydrogens (tertiary/aromatic N) is 3. The second-order valence-corrected chi connectivity index (χ2v) is 7.95. The Labute approximate surface area is 167 Å². The van der Waals surface area contributed by atoms with Crippen molar-refractivity contribution in [1.82, 2.24) is 14.8 Å². The molecule has 0 spiro atoms. The fourth-order valence-corrected chi connectivity index (χ4v) is 4.33. The number of imide groups is 1. The van der Waals surface area contributed by atoms with Gasteiger partial charge in [-0.1, -0.05) is 6.07 Å². The summed E-state index contributed by atoms with van der Waals surface area (Å²) in [4.78, 5) is 42.2. The second-order valence-electron chi connectivity index (χ2n) is 7.07. The number of fused-ring (bicyclic) bond motifs is 1. The SMILES string of the molecule is CSc1cccc(N2C(=O)[C@@H]3C[C@@H](NC(=O)c4cccn4C)CCN3C2=O)c1. The molecular weight excluding hydrogens is 376 g/mol. The maximum Gasteiger partial charge on any atom is 0.332 e. The number of carbonyl (C=O) groups excluding carboxylic acids is 3. The molecule has 2 aliphatic rings. The minimum Gasteiger partial charge on any atom is -0.348 e. The summed E-state index contributed by atoms with van der Waals surface area (Å²) in [5.74, 6) is -0.381. The van der Waals surface area contributed by atoms with Gasteiger partial charge < -0.3 is 14.8 Å². The predicted octanol–water partition coefficient (Wildman–Crippen LogP) is 2.48. The van der Waals surface area contributed by atoms with E-state index in [-0.39, 0.29) is 23.9 Å². The molecule has 2 aliphatic heterocycles. The number of aromatic nitrogens is 1. The molecule has 2 fully saturated rings. The van der Waals surface area contributed by atoms with Gasteiger partial charge in [-0.05, 0) is 49.4 Å². The van der Waals surface area contributed by atoms with Crippen molar-refractivity contribution in [3.05, 3.63) is 48.3 Å². The van der Waals surface area contributed by atoms with Crippen molar-refractivity contribution in [3.63, 3.8) is 0 Å². The molecule has 0 aliphatic carbocycles. The summed E-state index contributed by atoms with van der Waals surface area (Å²) in [5, 5.41) is 3.01. The normalized spacial score (nSPS) is 21.8. The lowest BCUT2D eigenvalue weighted by molar-refractivity contribution is -0.120. The minimum atomic E-state index is -0.530. The van der Waals surface area contributed by atoms with Crippen LogP contribution in [0.2, 0.25) is 0 Å². The van der Waals surface area contributed by atoms with E-state index in [2.05, 4.69) is 5.32 Å². The van der Waals surface area contributed by atoms with Gasteiger partial charge in [-0.25, -0.2) is 9.69 Å². The highest BCUT2D eigenvalue weighted by molar-refractivity contribution is 7.98. The van der Waals surface area contributed by atoms with E-state index in [4.69, 9.17) is 0 Å². The Bertz CT molecular complexity index is 941. The quantitative estimate of drug-likeness (QED) is 0.634. The van der Waals surface area contributed by atoms with Crippen LogP contribution < -0.4 is 10.2 Å². The molecular formula is C20H22N4O3S. The summed E-state index contributed by atoms with van der Waals surface area (Å²) < 4.78 is 1.76. The number of hydrogen-bond acceptors (Lipinski definition) is 4. The second kappa shape index (κ2) is 7.35. The Kier molecular flexibility index (Phi) is 4.89. The molecule has 1 aromatic heterocycles. The Morgan fingerprint density at radius 1 is 1.21 bits per heavy atom. The number of anilines is 1. The van der Waals surface area contributed by atoms with Crippen LogP contribution in [0, 0.1) is 0 Å². The Morgan fingerprint density at radius 3 is 2.75 bits per heavy atom. The zero-order chi connectivity index (χ0) is 19.8. The molecule has 28 heavy (non-hydrogen) atoms. The molecule has 7 nitrogen and oxygen atoms in total. The van der Waals surface area contributed by atoms with Gasteiger partial charge in [0.25, 0.3) is 11.8 Å². The van der Waals surface area contributed by atoms with Gasteiger partial charge >= 0.3 is 6.03 Å². The van der Waals surface area contributed by atoms with E-state index in [1.165, 1.54) is 4.90 Å². The van der Waals surface area contributed by atoms with Crippen molar-refractivity contribution in [3.8, 4) is 0 Å². The van der Waals surface area contributed by atoms with Crippen molar-refractivity contribution in [2.45, 2.75) is 29.8 Å². The fourth-order valence-electron chi connectivity index (χ4n) is 3.87. The average molecular weight is 398 g/mol. The summed E-state index contributed by atoms with van der Waals surface area (Å²) in [6.07, 6.45) is 4.83. The Hall–Kier alpha value is -2.74. The van der Waals surface area contributed by atoms with Crippen molar-refractivity contribution in [2.24, 2.45) is 7.05 Å². The number of urea groups is 1. The lowest BCUT2D eigenvalue weighted by Crippen LogP contribution is -2.50. The van der Waals surface area contributed by atoms with Crippen LogP contribution >= 0.6 is 11.8 Å². The zero-order valence-corrected chi connectivity index (χ0v) is 16.6. The standard InChI is InChI=1S/C20H22N4O3S/c1-22-9-4-7-16(22)18(25)21-13-8-10-23-17(11-13)19(26)24(20(23)27)14-5-3-6-15(12-14)28-2/h3-7,9,12-13,17H,8,10-11H2,1-2H3,(H,21,25)/t13-,17-/m0/s1. The number of benzene rings is 1. The summed E-state index contributed by atoms with van der Waals surface area (Å²) in [5.41, 5.74) is 1.17. The van der Waals surface area contributed by atoms with E-state index in [0.29, 0.717) is 30.8 Å². The molecule has 4 amide bonds. The van der Waals surface area contributed by atoms with Crippen molar-refractivity contribution >= 4 is 35.3 Å². The lowest BCUT2D eigenvalue weighted by atomic mass is 9.98. The number of hydrogen-bond donors (Lipinski definition) is 1. The van der Waals surface area contributed by atoms with Crippen LogP contribution in [0.25, 0.3) is 0 Å². The molecule has 146 valence electrons. The minimum absolute atomic E-state index is 0.141. The van der Waals surface area contributed by atoms with Gasteiger partial charge in [0.2, 0.25) is 0 Å². The third-order valence-electron chi connectivity index (χ3n) is 5.37. The van der Waals surface area contributed by atoms with E-state index in [1.54, 1.807) is 33.4 Å². The predicted molar refractivity (Wildman–Crippen MR) is 108 cm³/mol. The first-order valence-electron chi connectivity index (χ1n) is 9.20. The molecule has 4 rings (SSSR count). The number of rotatable bonds is 4. The molecule has 8 heteroatoms. The highest BCUT2D eigenvalue weighted by atomic mass is 32.2. The molecule has 0 unspecified atom stereocenters. The zero-order valence-electron chi connectivity index (χ0n) is 15.8. The number of thioether (sulfide) groups is 1. The highest BCUT2D eigenvalue weighted by Crippen LogP contribution is 2.32. The van der Waals surface area contributed by atoms with Gasteiger partial charge in [-0.3, -0.25) is 9.59 Å². The van der Waals surface area contributed by atoms with E-state index < -0.39 is 6.04 Å². The van der Waals surface area contributed by atoms with Crippen LogP contribution in [-0.4, -0.2) is 52.2 Å². The van der Waals surface area contributed by atoms with Gasteiger partial charge in [-0.15, -0.1) is 11.8 Å². The van der Waals surface area contributed by atoms with Gasteiger partial charge in [0.05, 0.1) is 5.69 Å². The molecule has 3 heterocycles. The lowest BCUT2D eigenvalue weighted by Gasteiger charge is -2.32. The third-order valence-corrected chi connectivity index (χ3v) is 6.09. The van der Waals surface area contributed by atoms with Gasteiger partial charge in [0, 0.05) is 30.7 Å². The van der Waals surface area contributed by atoms with E-state index in [0.717, 1.165) is 4.90 Å². The van der Waals surface area contributed by atoms with Gasteiger partial charge in [0.15, 0.2) is 0 Å². The summed E-state index contributed by atoms with van der Waals surface area (Å²) >= 11 is 1.56. The van der Waals surface area contributed by atoms with Crippen LogP contribution in [0.4, 0.5) is 10.5 Å². The molecule has 2 aromatic rings. The molecule has 2 atom stereocenters. The first kappa shape index (κ1) is 18.6. The smallest absolute Gasteiger partial charge is 0.332 e. The summed E-state index contributed by atoms with van der Waals surface area (Å²) in [6.45, 7) is 0.450. The first-order valence-corrected chi connectivity index (χ1v) is 10.4. The molecule has 2 saturated heterocycles. The Morgan fingerprint density at radius 2 is 2.04 bits per heavy atom. The van der Waals surface area contributed by atoms with E-state index in [9.17, 15) is 14.4 Å². The third kappa shape index (κ3) is 3.17. The van der Waals surface area contributed by atoms with Crippen LogP contribution in [0.5, 0.6) is 0 Å².